The highest BCUT2D eigenvalue weighted by Crippen LogP contribution is 2.30. The van der Waals surface area contributed by atoms with Crippen LogP contribution in [0.3, 0.4) is 0 Å². The van der Waals surface area contributed by atoms with Crippen molar-refractivity contribution in [3.05, 3.63) is 96.3 Å². The van der Waals surface area contributed by atoms with Crippen LogP contribution in [0.2, 0.25) is 0 Å². The third kappa shape index (κ3) is 6.57. The first-order chi connectivity index (χ1) is 15.8. The van der Waals surface area contributed by atoms with Crippen molar-refractivity contribution in [1.82, 2.24) is 0 Å². The first kappa shape index (κ1) is 23.3. The van der Waals surface area contributed by atoms with E-state index >= 15 is 0 Å². The minimum absolute atomic E-state index is 0.318. The molecular weight excluding hydrogens is 425 g/mol. The van der Waals surface area contributed by atoms with E-state index in [1.165, 1.54) is 18.2 Å². The highest BCUT2D eigenvalue weighted by molar-refractivity contribution is 6.01. The zero-order chi connectivity index (χ0) is 23.8. The molecule has 0 aromatic heterocycles. The van der Waals surface area contributed by atoms with Crippen LogP contribution in [0.15, 0.2) is 84.9 Å². The van der Waals surface area contributed by atoms with Gasteiger partial charge in [-0.2, -0.15) is 0 Å². The van der Waals surface area contributed by atoms with Gasteiger partial charge in [0.1, 0.15) is 6.10 Å². The van der Waals surface area contributed by atoms with E-state index in [2.05, 4.69) is 10.6 Å². The van der Waals surface area contributed by atoms with Gasteiger partial charge in [-0.3, -0.25) is 10.1 Å². The topological polar surface area (TPSA) is 114 Å². The maximum absolute atomic E-state index is 14.0. The van der Waals surface area contributed by atoms with Gasteiger partial charge in [0, 0.05) is 11.6 Å². The number of hydrogen-bond donors (Lipinski definition) is 4. The Labute approximate surface area is 190 Å². The summed E-state index contributed by atoms with van der Waals surface area (Å²) in [6.07, 6.45) is 1.15. The zero-order valence-electron chi connectivity index (χ0n) is 17.9. The quantitative estimate of drug-likeness (QED) is 0.291. The normalized spacial score (nSPS) is 12.7. The predicted molar refractivity (Wildman–Crippen MR) is 125 cm³/mol. The van der Waals surface area contributed by atoms with Crippen molar-refractivity contribution < 1.29 is 23.8 Å². The number of phenolic OH excluding ortho intramolecular Hbond substituents is 1. The van der Waals surface area contributed by atoms with Gasteiger partial charge in [-0.1, -0.05) is 49.4 Å². The number of carbonyl (C=O) groups is 2. The van der Waals surface area contributed by atoms with Gasteiger partial charge in [-0.25, -0.2) is 9.18 Å². The van der Waals surface area contributed by atoms with Crippen LogP contribution >= 0.6 is 0 Å². The van der Waals surface area contributed by atoms with Crippen molar-refractivity contribution >= 4 is 29.1 Å². The van der Waals surface area contributed by atoms with Crippen LogP contribution in [0.4, 0.5) is 26.2 Å². The van der Waals surface area contributed by atoms with Gasteiger partial charge >= 0.3 is 6.09 Å². The summed E-state index contributed by atoms with van der Waals surface area (Å²) in [5, 5.41) is 14.8. The van der Waals surface area contributed by atoms with E-state index in [0.29, 0.717) is 22.6 Å². The third-order valence-electron chi connectivity index (χ3n) is 4.80. The molecule has 170 valence electrons. The minimum atomic E-state index is -0.936. The Balaban J connectivity index is 1.76. The van der Waals surface area contributed by atoms with E-state index in [9.17, 15) is 19.1 Å². The minimum Gasteiger partial charge on any atom is -0.505 e. The van der Waals surface area contributed by atoms with Crippen LogP contribution in [0.1, 0.15) is 18.6 Å². The smallest absolute Gasteiger partial charge is 0.412 e. The number of para-hydroxylation sites is 3. The van der Waals surface area contributed by atoms with Gasteiger partial charge in [0.15, 0.2) is 11.6 Å². The fourth-order valence-electron chi connectivity index (χ4n) is 3.09. The van der Waals surface area contributed by atoms with Crippen LogP contribution in [-0.2, 0) is 9.53 Å². The highest BCUT2D eigenvalue weighted by Gasteiger charge is 2.24. The number of nitrogens with one attached hydrogen (secondary N) is 2. The standard InChI is InChI=1S/C25H24FN3O4/c1-16(11-14-23(31)29-21-10-6-5-9-20(21)27)24(17-12-13-22(30)19(26)15-17)33-25(32)28-18-7-3-2-4-8-18/h2-16,24,30H,27H2,1H3,(H,28,32)(H,29,31)/b14-11+/t16-,24+/m1/s1. The second-order valence-corrected chi connectivity index (χ2v) is 7.32. The predicted octanol–water partition coefficient (Wildman–Crippen LogP) is 5.23. The number of amides is 2. The molecule has 3 rings (SSSR count). The Bertz CT molecular complexity index is 1150. The van der Waals surface area contributed by atoms with Crippen LogP contribution < -0.4 is 16.4 Å². The molecule has 0 saturated heterocycles. The van der Waals surface area contributed by atoms with E-state index < -0.39 is 35.6 Å². The van der Waals surface area contributed by atoms with Crippen molar-refractivity contribution in [3.63, 3.8) is 0 Å². The van der Waals surface area contributed by atoms with E-state index in [1.54, 1.807) is 67.6 Å². The molecule has 3 aromatic carbocycles. The van der Waals surface area contributed by atoms with Crippen molar-refractivity contribution in [1.29, 1.82) is 0 Å². The summed E-state index contributed by atoms with van der Waals surface area (Å²) < 4.78 is 19.5. The number of nitrogens with two attached hydrogens (primary N) is 1. The molecule has 0 saturated carbocycles. The van der Waals surface area contributed by atoms with E-state index in [4.69, 9.17) is 10.5 Å². The Morgan fingerprint density at radius 2 is 1.73 bits per heavy atom. The molecule has 0 aliphatic rings. The van der Waals surface area contributed by atoms with Gasteiger partial charge < -0.3 is 20.9 Å². The Hall–Kier alpha value is -4.33. The number of benzene rings is 3. The Morgan fingerprint density at radius 1 is 1.03 bits per heavy atom. The molecular formula is C25H24FN3O4. The molecule has 0 bridgehead atoms. The van der Waals surface area contributed by atoms with E-state index in [0.717, 1.165) is 6.07 Å². The van der Waals surface area contributed by atoms with Gasteiger partial charge in [0.25, 0.3) is 0 Å². The molecule has 2 atom stereocenters. The molecule has 7 nitrogen and oxygen atoms in total. The summed E-state index contributed by atoms with van der Waals surface area (Å²) in [4.78, 5) is 24.8. The number of hydrogen-bond acceptors (Lipinski definition) is 5. The molecule has 3 aromatic rings. The first-order valence-corrected chi connectivity index (χ1v) is 10.2. The molecule has 2 amide bonds. The van der Waals surface area contributed by atoms with Crippen molar-refractivity contribution in [2.75, 3.05) is 16.4 Å². The fraction of sp³-hybridized carbons (Fsp3) is 0.120. The van der Waals surface area contributed by atoms with Crippen molar-refractivity contribution in [2.24, 2.45) is 5.92 Å². The van der Waals surface area contributed by atoms with Crippen molar-refractivity contribution in [2.45, 2.75) is 13.0 Å². The van der Waals surface area contributed by atoms with E-state index in [1.807, 2.05) is 0 Å². The number of aromatic hydroxyl groups is 1. The molecule has 0 aliphatic carbocycles. The molecule has 8 heteroatoms. The summed E-state index contributed by atoms with van der Waals surface area (Å²) in [6, 6.07) is 19.3. The van der Waals surface area contributed by atoms with Crippen LogP contribution in [-0.4, -0.2) is 17.1 Å². The second kappa shape index (κ2) is 10.8. The summed E-state index contributed by atoms with van der Waals surface area (Å²) in [5.74, 6) is -2.31. The van der Waals surface area contributed by atoms with Gasteiger partial charge in [0.05, 0.1) is 11.4 Å². The second-order valence-electron chi connectivity index (χ2n) is 7.32. The van der Waals surface area contributed by atoms with Gasteiger partial charge in [-0.15, -0.1) is 0 Å². The van der Waals surface area contributed by atoms with Crippen LogP contribution in [0, 0.1) is 11.7 Å². The lowest BCUT2D eigenvalue weighted by molar-refractivity contribution is -0.111. The monoisotopic (exact) mass is 449 g/mol. The number of carbonyl (C=O) groups excluding carboxylic acids is 2. The number of rotatable bonds is 7. The van der Waals surface area contributed by atoms with Crippen molar-refractivity contribution in [3.8, 4) is 5.75 Å². The summed E-state index contributed by atoms with van der Waals surface area (Å²) >= 11 is 0. The molecule has 0 spiro atoms. The average Bonchev–Trinajstić information content (AvgIpc) is 2.80. The average molecular weight is 449 g/mol. The molecule has 0 aliphatic heterocycles. The molecule has 0 fully saturated rings. The number of nitrogen functional groups attached to an aromatic ring is 1. The fourth-order valence-corrected chi connectivity index (χ4v) is 3.09. The number of ether oxygens (including phenoxy) is 1. The number of phenols is 1. The lowest BCUT2D eigenvalue weighted by Crippen LogP contribution is -2.21. The maximum atomic E-state index is 14.0. The van der Waals surface area contributed by atoms with Crippen LogP contribution in [0.25, 0.3) is 0 Å². The molecule has 0 radical (unpaired) electrons. The third-order valence-corrected chi connectivity index (χ3v) is 4.80. The largest absolute Gasteiger partial charge is 0.505 e. The molecule has 5 N–H and O–H groups in total. The molecule has 0 unspecified atom stereocenters. The summed E-state index contributed by atoms with van der Waals surface area (Å²) in [7, 11) is 0. The lowest BCUT2D eigenvalue weighted by Gasteiger charge is -2.23. The Kier molecular flexibility index (Phi) is 7.64. The van der Waals surface area contributed by atoms with Gasteiger partial charge in [-0.05, 0) is 48.0 Å². The highest BCUT2D eigenvalue weighted by atomic mass is 19.1. The lowest BCUT2D eigenvalue weighted by atomic mass is 9.96. The molecule has 0 heterocycles. The number of anilines is 3. The Morgan fingerprint density at radius 3 is 2.42 bits per heavy atom. The summed E-state index contributed by atoms with van der Waals surface area (Å²) in [5.41, 5.74) is 7.57. The number of halogens is 1. The maximum Gasteiger partial charge on any atom is 0.412 e. The SMILES string of the molecule is C[C@H](/C=C/C(=O)Nc1ccccc1N)[C@H](OC(=O)Nc1ccccc1)c1ccc(O)c(F)c1. The molecule has 33 heavy (non-hydrogen) atoms. The summed E-state index contributed by atoms with van der Waals surface area (Å²) in [6.45, 7) is 1.71. The van der Waals surface area contributed by atoms with E-state index in [-0.39, 0.29) is 0 Å². The zero-order valence-corrected chi connectivity index (χ0v) is 17.9. The van der Waals surface area contributed by atoms with Crippen LogP contribution in [0.5, 0.6) is 5.75 Å². The van der Waals surface area contributed by atoms with Gasteiger partial charge in [0.2, 0.25) is 5.91 Å². The first-order valence-electron chi connectivity index (χ1n) is 10.2.